The minimum Gasteiger partial charge on any atom is -0.362 e. The van der Waals surface area contributed by atoms with E-state index in [2.05, 4.69) is 4.98 Å². The molecule has 1 heterocycles. The lowest BCUT2D eigenvalue weighted by Gasteiger charge is -2.18. The molecule has 0 aliphatic rings. The molecule has 1 rings (SSSR count). The smallest absolute Gasteiger partial charge is 0.362 e. The number of halogens is 3. The molecule has 0 radical (unpaired) electrons. The summed E-state index contributed by atoms with van der Waals surface area (Å²) in [5, 5.41) is 0. The fourth-order valence-electron chi connectivity index (χ4n) is 1.54. The van der Waals surface area contributed by atoms with E-state index in [1.807, 2.05) is 0 Å². The molecule has 0 amide bonds. The van der Waals surface area contributed by atoms with Crippen molar-refractivity contribution in [2.75, 3.05) is 6.54 Å². The fraction of sp³-hybridized carbons (Fsp3) is 0.556. The summed E-state index contributed by atoms with van der Waals surface area (Å²) in [7, 11) is 0. The predicted octanol–water partition coefficient (Wildman–Crippen LogP) is 2.24. The minimum atomic E-state index is -4.27. The standard InChI is InChI=1S/C9H13F3N2/c1-5-3-7(6(2)14-5)8(4-13)9(10,11)12/h3,8,14H,4,13H2,1-2H3. The molecule has 3 N–H and O–H groups in total. The molecule has 0 aliphatic carbocycles. The van der Waals surface area contributed by atoms with Crippen molar-refractivity contribution in [3.63, 3.8) is 0 Å². The maximum atomic E-state index is 12.5. The highest BCUT2D eigenvalue weighted by Crippen LogP contribution is 2.35. The fourth-order valence-corrected chi connectivity index (χ4v) is 1.54. The van der Waals surface area contributed by atoms with E-state index in [-0.39, 0.29) is 5.56 Å². The zero-order chi connectivity index (χ0) is 10.9. The van der Waals surface area contributed by atoms with E-state index in [0.717, 1.165) is 5.69 Å². The van der Waals surface area contributed by atoms with Crippen molar-refractivity contribution in [1.29, 1.82) is 0 Å². The van der Waals surface area contributed by atoms with Crippen molar-refractivity contribution in [2.24, 2.45) is 5.73 Å². The van der Waals surface area contributed by atoms with Crippen LogP contribution >= 0.6 is 0 Å². The van der Waals surface area contributed by atoms with Crippen LogP contribution in [-0.2, 0) is 0 Å². The molecule has 0 spiro atoms. The van der Waals surface area contributed by atoms with E-state index in [0.29, 0.717) is 5.69 Å². The summed E-state index contributed by atoms with van der Waals surface area (Å²) >= 11 is 0. The quantitative estimate of drug-likeness (QED) is 0.765. The average molecular weight is 206 g/mol. The molecular weight excluding hydrogens is 193 g/mol. The van der Waals surface area contributed by atoms with E-state index < -0.39 is 18.6 Å². The number of nitrogens with one attached hydrogen (secondary N) is 1. The number of aromatic nitrogens is 1. The van der Waals surface area contributed by atoms with Crippen molar-refractivity contribution in [3.8, 4) is 0 Å². The molecule has 0 saturated heterocycles. The van der Waals surface area contributed by atoms with E-state index in [9.17, 15) is 13.2 Å². The minimum absolute atomic E-state index is 0.248. The van der Waals surface area contributed by atoms with Gasteiger partial charge in [-0.05, 0) is 25.5 Å². The van der Waals surface area contributed by atoms with Gasteiger partial charge in [0.2, 0.25) is 0 Å². The molecule has 0 aromatic carbocycles. The van der Waals surface area contributed by atoms with E-state index in [1.54, 1.807) is 13.8 Å². The Bertz CT molecular complexity index is 314. The van der Waals surface area contributed by atoms with Gasteiger partial charge in [-0.25, -0.2) is 0 Å². The van der Waals surface area contributed by atoms with Crippen LogP contribution in [-0.4, -0.2) is 17.7 Å². The second-order valence-electron chi connectivity index (χ2n) is 3.36. The highest BCUT2D eigenvalue weighted by molar-refractivity contribution is 5.29. The van der Waals surface area contributed by atoms with Crippen molar-refractivity contribution < 1.29 is 13.2 Å². The SMILES string of the molecule is Cc1cc(C(CN)C(F)(F)F)c(C)[nH]1. The Balaban J connectivity index is 3.07. The highest BCUT2D eigenvalue weighted by Gasteiger charge is 2.40. The summed E-state index contributed by atoms with van der Waals surface area (Å²) in [5.41, 5.74) is 6.64. The van der Waals surface area contributed by atoms with Crippen LogP contribution in [0.1, 0.15) is 22.9 Å². The lowest BCUT2D eigenvalue weighted by Crippen LogP contribution is -2.28. The molecule has 0 fully saturated rings. The van der Waals surface area contributed by atoms with Gasteiger partial charge in [0, 0.05) is 17.9 Å². The molecule has 1 unspecified atom stereocenters. The monoisotopic (exact) mass is 206 g/mol. The van der Waals surface area contributed by atoms with Gasteiger partial charge in [0.05, 0.1) is 5.92 Å². The lowest BCUT2D eigenvalue weighted by atomic mass is 9.99. The largest absolute Gasteiger partial charge is 0.397 e. The van der Waals surface area contributed by atoms with Crippen molar-refractivity contribution in [1.82, 2.24) is 4.98 Å². The van der Waals surface area contributed by atoms with Crippen LogP contribution < -0.4 is 5.73 Å². The number of alkyl halides is 3. The summed E-state index contributed by atoms with van der Waals surface area (Å²) < 4.78 is 37.5. The van der Waals surface area contributed by atoms with Gasteiger partial charge in [-0.2, -0.15) is 13.2 Å². The number of aromatic amines is 1. The molecule has 80 valence electrons. The van der Waals surface area contributed by atoms with E-state index >= 15 is 0 Å². The summed E-state index contributed by atoms with van der Waals surface area (Å²) in [6.07, 6.45) is -4.27. The maximum Gasteiger partial charge on any atom is 0.397 e. The summed E-state index contributed by atoms with van der Waals surface area (Å²) in [6, 6.07) is 1.50. The molecular formula is C9H13F3N2. The van der Waals surface area contributed by atoms with E-state index in [1.165, 1.54) is 6.07 Å². The first-order valence-electron chi connectivity index (χ1n) is 4.29. The van der Waals surface area contributed by atoms with Gasteiger partial charge >= 0.3 is 6.18 Å². The van der Waals surface area contributed by atoms with Gasteiger partial charge in [-0.15, -0.1) is 0 Å². The first-order chi connectivity index (χ1) is 6.36. The van der Waals surface area contributed by atoms with E-state index in [4.69, 9.17) is 5.73 Å². The van der Waals surface area contributed by atoms with Crippen LogP contribution in [0.2, 0.25) is 0 Å². The van der Waals surface area contributed by atoms with Gasteiger partial charge in [0.1, 0.15) is 0 Å². The predicted molar refractivity (Wildman–Crippen MR) is 48.1 cm³/mol. The lowest BCUT2D eigenvalue weighted by molar-refractivity contribution is -0.148. The highest BCUT2D eigenvalue weighted by atomic mass is 19.4. The van der Waals surface area contributed by atoms with Gasteiger partial charge in [0.25, 0.3) is 0 Å². The summed E-state index contributed by atoms with van der Waals surface area (Å²) in [5.74, 6) is -1.56. The number of hydrogen-bond acceptors (Lipinski definition) is 1. The number of hydrogen-bond donors (Lipinski definition) is 2. The van der Waals surface area contributed by atoms with Crippen molar-refractivity contribution in [3.05, 3.63) is 23.0 Å². The van der Waals surface area contributed by atoms with Gasteiger partial charge < -0.3 is 10.7 Å². The summed E-state index contributed by atoms with van der Waals surface area (Å²) in [4.78, 5) is 2.84. The summed E-state index contributed by atoms with van der Waals surface area (Å²) in [6.45, 7) is 2.93. The molecule has 1 aromatic heterocycles. The van der Waals surface area contributed by atoms with Crippen LogP contribution in [0.5, 0.6) is 0 Å². The number of H-pyrrole nitrogens is 1. The Morgan fingerprint density at radius 2 is 2.00 bits per heavy atom. The Hall–Kier alpha value is -0.970. The normalized spacial score (nSPS) is 14.4. The van der Waals surface area contributed by atoms with Crippen LogP contribution in [0.3, 0.4) is 0 Å². The van der Waals surface area contributed by atoms with Gasteiger partial charge in [0.15, 0.2) is 0 Å². The number of rotatable bonds is 2. The molecule has 1 atom stereocenters. The number of nitrogens with two attached hydrogens (primary N) is 1. The molecule has 2 nitrogen and oxygen atoms in total. The average Bonchev–Trinajstić information content (AvgIpc) is 2.29. The maximum absolute atomic E-state index is 12.5. The molecule has 0 saturated carbocycles. The third kappa shape index (κ3) is 2.09. The molecule has 0 bridgehead atoms. The van der Waals surface area contributed by atoms with Crippen LogP contribution in [0.15, 0.2) is 6.07 Å². The van der Waals surface area contributed by atoms with Crippen LogP contribution in [0, 0.1) is 13.8 Å². The zero-order valence-corrected chi connectivity index (χ0v) is 8.07. The Labute approximate surface area is 80.3 Å². The third-order valence-corrected chi connectivity index (χ3v) is 2.20. The van der Waals surface area contributed by atoms with Gasteiger partial charge in [-0.3, -0.25) is 0 Å². The number of aryl methyl sites for hydroxylation is 2. The second-order valence-corrected chi connectivity index (χ2v) is 3.36. The Kier molecular flexibility index (Phi) is 2.89. The molecule has 0 aliphatic heterocycles. The molecule has 14 heavy (non-hydrogen) atoms. The van der Waals surface area contributed by atoms with Crippen LogP contribution in [0.4, 0.5) is 13.2 Å². The molecule has 1 aromatic rings. The third-order valence-electron chi connectivity index (χ3n) is 2.20. The van der Waals surface area contributed by atoms with Crippen LogP contribution in [0.25, 0.3) is 0 Å². The van der Waals surface area contributed by atoms with Crippen molar-refractivity contribution >= 4 is 0 Å². The molecule has 5 heteroatoms. The van der Waals surface area contributed by atoms with Crippen molar-refractivity contribution in [2.45, 2.75) is 25.9 Å². The zero-order valence-electron chi connectivity index (χ0n) is 8.07. The van der Waals surface area contributed by atoms with Gasteiger partial charge in [-0.1, -0.05) is 0 Å². The Morgan fingerprint density at radius 3 is 2.29 bits per heavy atom. The topological polar surface area (TPSA) is 41.8 Å². The first kappa shape index (κ1) is 11.1. The first-order valence-corrected chi connectivity index (χ1v) is 4.29. The second kappa shape index (κ2) is 3.65. The Morgan fingerprint density at radius 1 is 1.43 bits per heavy atom.